The van der Waals surface area contributed by atoms with Gasteiger partial charge >= 0.3 is 6.03 Å². The van der Waals surface area contributed by atoms with Crippen LogP contribution in [-0.4, -0.2) is 65.5 Å². The molecule has 3 N–H and O–H groups in total. The van der Waals surface area contributed by atoms with E-state index < -0.39 is 0 Å². The minimum absolute atomic E-state index is 0.184. The van der Waals surface area contributed by atoms with E-state index in [1.165, 1.54) is 5.56 Å². The molecule has 0 bridgehead atoms. The van der Waals surface area contributed by atoms with E-state index in [1.54, 1.807) is 20.3 Å². The lowest BCUT2D eigenvalue weighted by molar-refractivity contribution is 0.0949. The van der Waals surface area contributed by atoms with Crippen LogP contribution in [0, 0.1) is 0 Å². The maximum Gasteiger partial charge on any atom is 0.323 e. The molecule has 4 rings (SSSR count). The maximum absolute atomic E-state index is 13.3. The molecule has 0 unspecified atom stereocenters. The third-order valence-corrected chi connectivity index (χ3v) is 7.19. The van der Waals surface area contributed by atoms with Gasteiger partial charge in [-0.25, -0.2) is 4.79 Å². The van der Waals surface area contributed by atoms with Crippen molar-refractivity contribution in [3.63, 3.8) is 0 Å². The van der Waals surface area contributed by atoms with Crippen LogP contribution in [0.25, 0.3) is 0 Å². The van der Waals surface area contributed by atoms with Gasteiger partial charge in [0, 0.05) is 63.5 Å². The van der Waals surface area contributed by atoms with E-state index in [4.69, 9.17) is 9.47 Å². The number of carbonyl (C=O) groups is 2. The summed E-state index contributed by atoms with van der Waals surface area (Å²) in [7, 11) is 3.33. The number of urea groups is 1. The maximum atomic E-state index is 13.3. The minimum Gasteiger partial charge on any atom is -0.495 e. The Balaban J connectivity index is 1.48. The van der Waals surface area contributed by atoms with Crippen molar-refractivity contribution < 1.29 is 19.1 Å². The molecule has 1 heterocycles. The Kier molecular flexibility index (Phi) is 10.5. The topological polar surface area (TPSA) is 95.2 Å². The summed E-state index contributed by atoms with van der Waals surface area (Å²) in [5, 5.41) is 8.75. The Labute approximate surface area is 242 Å². The number of amides is 3. The van der Waals surface area contributed by atoms with Gasteiger partial charge in [-0.3, -0.25) is 4.79 Å². The number of rotatable bonds is 11. The summed E-state index contributed by atoms with van der Waals surface area (Å²) in [6.07, 6.45) is 0.713. The Morgan fingerprint density at radius 1 is 0.829 bits per heavy atom. The molecule has 9 heteroatoms. The smallest absolute Gasteiger partial charge is 0.323 e. The number of methoxy groups -OCH3 is 2. The van der Waals surface area contributed by atoms with Gasteiger partial charge in [0.1, 0.15) is 5.75 Å². The zero-order valence-electron chi connectivity index (χ0n) is 24.4. The second-order valence-corrected chi connectivity index (χ2v) is 10.3. The third-order valence-electron chi connectivity index (χ3n) is 7.19. The molecule has 3 amide bonds. The van der Waals surface area contributed by atoms with Gasteiger partial charge in [-0.05, 0) is 60.4 Å². The summed E-state index contributed by atoms with van der Waals surface area (Å²) < 4.78 is 10.7. The highest BCUT2D eigenvalue weighted by molar-refractivity contribution is 6.04. The molecular formula is C32H41N5O4. The Bertz CT molecular complexity index is 1300. The predicted molar refractivity (Wildman–Crippen MR) is 166 cm³/mol. The first-order chi connectivity index (χ1) is 19.9. The molecule has 218 valence electrons. The number of hydrogen-bond donors (Lipinski definition) is 3. The van der Waals surface area contributed by atoms with E-state index >= 15 is 0 Å². The number of anilines is 4. The minimum atomic E-state index is -0.369. The lowest BCUT2D eigenvalue weighted by Crippen LogP contribution is -2.47. The fourth-order valence-electron chi connectivity index (χ4n) is 4.91. The first-order valence-electron chi connectivity index (χ1n) is 14.1. The number of benzene rings is 3. The molecule has 1 aliphatic heterocycles. The van der Waals surface area contributed by atoms with Crippen LogP contribution in [0.3, 0.4) is 0 Å². The molecule has 3 aromatic carbocycles. The van der Waals surface area contributed by atoms with Crippen LogP contribution in [-0.2, 0) is 4.74 Å². The first kappa shape index (κ1) is 29.7. The van der Waals surface area contributed by atoms with Crippen LogP contribution in [0.1, 0.15) is 42.1 Å². The average molecular weight is 560 g/mol. The van der Waals surface area contributed by atoms with E-state index in [1.807, 2.05) is 54.6 Å². The van der Waals surface area contributed by atoms with E-state index in [9.17, 15) is 9.59 Å². The molecule has 0 aliphatic carbocycles. The normalized spacial score (nSPS) is 13.2. The number of nitrogens with one attached hydrogen (secondary N) is 3. The molecule has 9 nitrogen and oxygen atoms in total. The van der Waals surface area contributed by atoms with Crippen molar-refractivity contribution in [1.29, 1.82) is 0 Å². The largest absolute Gasteiger partial charge is 0.495 e. The van der Waals surface area contributed by atoms with Gasteiger partial charge in [-0.15, -0.1) is 0 Å². The van der Waals surface area contributed by atoms with E-state index in [0.717, 1.165) is 43.3 Å². The van der Waals surface area contributed by atoms with Crippen molar-refractivity contribution in [3.8, 4) is 5.75 Å². The molecule has 0 saturated carbocycles. The number of carbonyl (C=O) groups excluding carboxylic acids is 2. The molecule has 1 aliphatic rings. The zero-order chi connectivity index (χ0) is 29.2. The van der Waals surface area contributed by atoms with E-state index in [2.05, 4.69) is 45.7 Å². The highest BCUT2D eigenvalue weighted by Gasteiger charge is 2.24. The van der Waals surface area contributed by atoms with Crippen LogP contribution < -0.4 is 30.5 Å². The lowest BCUT2D eigenvalue weighted by Gasteiger charge is -2.38. The van der Waals surface area contributed by atoms with E-state index in [0.29, 0.717) is 42.4 Å². The number of ether oxygens (including phenoxy) is 2. The highest BCUT2D eigenvalue weighted by Crippen LogP contribution is 2.31. The summed E-state index contributed by atoms with van der Waals surface area (Å²) >= 11 is 0. The molecule has 1 saturated heterocycles. The lowest BCUT2D eigenvalue weighted by atomic mass is 10.0. The van der Waals surface area contributed by atoms with Gasteiger partial charge in [-0.1, -0.05) is 38.1 Å². The van der Waals surface area contributed by atoms with Gasteiger partial charge < -0.3 is 35.2 Å². The summed E-state index contributed by atoms with van der Waals surface area (Å²) in [4.78, 5) is 30.6. The number of nitrogens with zero attached hydrogens (tertiary/aromatic N) is 2. The Hall–Kier alpha value is -4.24. The van der Waals surface area contributed by atoms with Crippen molar-refractivity contribution in [2.75, 3.05) is 74.0 Å². The molecule has 3 aromatic rings. The van der Waals surface area contributed by atoms with Gasteiger partial charge in [0.25, 0.3) is 5.91 Å². The van der Waals surface area contributed by atoms with Crippen molar-refractivity contribution in [1.82, 2.24) is 5.32 Å². The predicted octanol–water partition coefficient (Wildman–Crippen LogP) is 5.56. The molecule has 0 radical (unpaired) electrons. The summed E-state index contributed by atoms with van der Waals surface area (Å²) in [6, 6.07) is 20.9. The van der Waals surface area contributed by atoms with Crippen molar-refractivity contribution in [2.24, 2.45) is 0 Å². The quantitative estimate of drug-likeness (QED) is 0.267. The van der Waals surface area contributed by atoms with Crippen molar-refractivity contribution >= 4 is 34.7 Å². The monoisotopic (exact) mass is 559 g/mol. The van der Waals surface area contributed by atoms with Gasteiger partial charge in [-0.2, -0.15) is 0 Å². The van der Waals surface area contributed by atoms with Crippen LogP contribution in [0.2, 0.25) is 0 Å². The molecule has 1 fully saturated rings. The zero-order valence-corrected chi connectivity index (χ0v) is 24.4. The molecule has 0 aromatic heterocycles. The van der Waals surface area contributed by atoms with Crippen molar-refractivity contribution in [2.45, 2.75) is 26.2 Å². The molecule has 41 heavy (non-hydrogen) atoms. The number of hydrogen-bond acceptors (Lipinski definition) is 6. The average Bonchev–Trinajstić information content (AvgIpc) is 2.99. The number of piperazine rings is 1. The molecule has 0 atom stereocenters. The van der Waals surface area contributed by atoms with Gasteiger partial charge in [0.2, 0.25) is 0 Å². The standard InChI is InChI=1S/C32H41N5O4/c1-23(2)24-10-12-25(13-11-24)34-32(39)35-26-14-15-28(27(22-26)31(38)33-16-7-21-40-3)36-17-19-37(20-18-36)29-8-5-6-9-30(29)41-4/h5-6,8-15,22-23H,7,16-21H2,1-4H3,(H,33,38)(H2,34,35,39). The summed E-state index contributed by atoms with van der Waals surface area (Å²) in [6.45, 7) is 8.37. The van der Waals surface area contributed by atoms with Crippen LogP contribution in [0.4, 0.5) is 27.5 Å². The fourth-order valence-corrected chi connectivity index (χ4v) is 4.91. The summed E-state index contributed by atoms with van der Waals surface area (Å²) in [5.74, 6) is 1.08. The van der Waals surface area contributed by atoms with Gasteiger partial charge in [0.05, 0.1) is 18.4 Å². The fraction of sp³-hybridized carbons (Fsp3) is 0.375. The Morgan fingerprint density at radius 3 is 2.12 bits per heavy atom. The highest BCUT2D eigenvalue weighted by atomic mass is 16.5. The van der Waals surface area contributed by atoms with Crippen LogP contribution >= 0.6 is 0 Å². The van der Waals surface area contributed by atoms with Crippen LogP contribution in [0.15, 0.2) is 66.7 Å². The van der Waals surface area contributed by atoms with Gasteiger partial charge in [0.15, 0.2) is 0 Å². The second kappa shape index (κ2) is 14.4. The Morgan fingerprint density at radius 2 is 1.46 bits per heavy atom. The molecular weight excluding hydrogens is 518 g/mol. The number of para-hydroxylation sites is 2. The molecule has 0 spiro atoms. The van der Waals surface area contributed by atoms with Crippen LogP contribution in [0.5, 0.6) is 5.75 Å². The van der Waals surface area contributed by atoms with E-state index in [-0.39, 0.29) is 11.9 Å². The SMILES string of the molecule is COCCCNC(=O)c1cc(NC(=O)Nc2ccc(C(C)C)cc2)ccc1N1CCN(c2ccccc2OC)CC1. The first-order valence-corrected chi connectivity index (χ1v) is 14.1. The van der Waals surface area contributed by atoms with Crippen molar-refractivity contribution in [3.05, 3.63) is 77.9 Å². The second-order valence-electron chi connectivity index (χ2n) is 10.3. The summed E-state index contributed by atoms with van der Waals surface area (Å²) in [5.41, 5.74) is 4.87. The third kappa shape index (κ3) is 7.91.